The quantitative estimate of drug-likeness (QED) is 0.0491. The van der Waals surface area contributed by atoms with Gasteiger partial charge >= 0.3 is 0 Å². The second kappa shape index (κ2) is 29.2. The Morgan fingerprint density at radius 2 is 0.861 bits per heavy atom. The summed E-state index contributed by atoms with van der Waals surface area (Å²) in [6.07, 6.45) is 9.91. The molecule has 1 N–H and O–H groups in total. The number of ether oxygens (including phenoxy) is 7. The first kappa shape index (κ1) is 56.6. The van der Waals surface area contributed by atoms with E-state index in [0.717, 1.165) is 130 Å². The van der Waals surface area contributed by atoms with Crippen molar-refractivity contribution in [3.8, 4) is 80.1 Å². The summed E-state index contributed by atoms with van der Waals surface area (Å²) in [5.74, 6) is 8.52. The van der Waals surface area contributed by atoms with E-state index in [1.165, 1.54) is 0 Å². The second-order valence-corrected chi connectivity index (χ2v) is 19.0. The summed E-state index contributed by atoms with van der Waals surface area (Å²) >= 11 is 0. The van der Waals surface area contributed by atoms with Gasteiger partial charge in [-0.05, 0) is 116 Å². The molecule has 0 saturated heterocycles. The van der Waals surface area contributed by atoms with E-state index in [1.54, 1.807) is 24.5 Å². The Balaban J connectivity index is 0.000000211. The van der Waals surface area contributed by atoms with Crippen LogP contribution in [0.3, 0.4) is 0 Å². The molecule has 0 radical (unpaired) electrons. The molecule has 2 aromatic heterocycles. The molecule has 0 aliphatic rings. The Morgan fingerprint density at radius 3 is 1.34 bits per heavy atom. The normalized spacial score (nSPS) is 10.9. The molecule has 410 valence electrons. The topological polar surface area (TPSA) is 137 Å². The van der Waals surface area contributed by atoms with Gasteiger partial charge in [-0.3, -0.25) is 0 Å². The highest BCUT2D eigenvalue weighted by Gasteiger charge is 2.19. The van der Waals surface area contributed by atoms with Crippen LogP contribution in [0.15, 0.2) is 173 Å². The number of benzene rings is 7. The van der Waals surface area contributed by atoms with Crippen LogP contribution < -0.4 is 33.2 Å². The van der Waals surface area contributed by atoms with E-state index in [4.69, 9.17) is 42.2 Å². The smallest absolute Gasteiger partial charge is 0.170 e. The Labute approximate surface area is 464 Å². The monoisotopic (exact) mass is 1060 g/mol. The van der Waals surface area contributed by atoms with Crippen LogP contribution >= 0.6 is 0 Å². The van der Waals surface area contributed by atoms with Crippen LogP contribution in [0.5, 0.6) is 57.5 Å². The predicted molar refractivity (Wildman–Crippen MR) is 310 cm³/mol. The molecular formula is C67H72N2O10. The number of hydrogen-bond acceptors (Lipinski definition) is 12. The van der Waals surface area contributed by atoms with Crippen molar-refractivity contribution in [2.45, 2.75) is 99.5 Å². The van der Waals surface area contributed by atoms with Crippen LogP contribution in [0.2, 0.25) is 0 Å². The molecule has 2 heterocycles. The van der Waals surface area contributed by atoms with Crippen LogP contribution in [-0.4, -0.2) is 41.8 Å². The molecule has 12 heteroatoms. The minimum absolute atomic E-state index is 0.102. The summed E-state index contributed by atoms with van der Waals surface area (Å²) in [5.41, 5.74) is 8.97. The molecule has 9 aromatic rings. The van der Waals surface area contributed by atoms with Gasteiger partial charge in [0, 0.05) is 48.2 Å². The maximum absolute atomic E-state index is 10.5. The molecule has 7 aromatic carbocycles. The van der Waals surface area contributed by atoms with E-state index < -0.39 is 0 Å². The lowest BCUT2D eigenvalue weighted by molar-refractivity contribution is 0.242. The van der Waals surface area contributed by atoms with Crippen molar-refractivity contribution in [1.29, 1.82) is 0 Å². The standard InChI is InChI=1S/C37H39NO5.C30H33NO5/c1-4-13-30-33(18-11-19-34(30)42-32-17-10-9-14-27(32)3)39-22-12-23-40-36-25-37(41-26-28-15-7-6-8-16-28)31(24-29(36)5-2)35-20-21-38-43-35;1-4-10-23-27(13-8-14-28(23)35-26-12-7-6-11-21(26)3)33-17-9-18-34-30-20-25(32)24(19-22(30)5-2)29-15-16-31-36-29/h6-11,14-21,24-25H,4-5,12-13,22-23,26H2,1-3H3;6-8,11-16,19-20,32H,4-5,9-10,17-18H2,1-3H3. The molecule has 0 unspecified atom stereocenters. The number of phenols is 1. The summed E-state index contributed by atoms with van der Waals surface area (Å²) < 4.78 is 54.2. The van der Waals surface area contributed by atoms with E-state index in [0.29, 0.717) is 68.0 Å². The fraction of sp³-hybridized carbons (Fsp3) is 0.284. The maximum Gasteiger partial charge on any atom is 0.170 e. The van der Waals surface area contributed by atoms with Gasteiger partial charge in [-0.1, -0.05) is 130 Å². The Bertz CT molecular complexity index is 3280. The lowest BCUT2D eigenvalue weighted by Gasteiger charge is -2.18. The number of phenolic OH excluding ortho intramolecular Hbond substituents is 1. The summed E-state index contributed by atoms with van der Waals surface area (Å²) in [5, 5.41) is 18.1. The van der Waals surface area contributed by atoms with E-state index in [1.807, 2.05) is 141 Å². The molecule has 0 spiro atoms. The zero-order valence-electron chi connectivity index (χ0n) is 46.3. The van der Waals surface area contributed by atoms with Gasteiger partial charge in [-0.25, -0.2) is 0 Å². The van der Waals surface area contributed by atoms with E-state index >= 15 is 0 Å². The van der Waals surface area contributed by atoms with Gasteiger partial charge < -0.3 is 47.3 Å². The predicted octanol–water partition coefficient (Wildman–Crippen LogP) is 16.9. The molecule has 0 aliphatic carbocycles. The SMILES string of the molecule is CCCc1c(OCCCOc2cc(O)c(-c3ccno3)cc2CC)cccc1Oc1ccccc1C.CCCc1c(OCCCOc2cc(OCc3ccccc3)c(-c3ccno3)cc2CC)cccc1Oc1ccccc1C. The zero-order chi connectivity index (χ0) is 55.2. The summed E-state index contributed by atoms with van der Waals surface area (Å²) in [4.78, 5) is 0. The van der Waals surface area contributed by atoms with E-state index in [-0.39, 0.29) is 5.75 Å². The van der Waals surface area contributed by atoms with Crippen LogP contribution in [0, 0.1) is 13.8 Å². The lowest BCUT2D eigenvalue weighted by atomic mass is 10.0. The first-order valence-corrected chi connectivity index (χ1v) is 27.5. The highest BCUT2D eigenvalue weighted by atomic mass is 16.5. The van der Waals surface area contributed by atoms with Gasteiger partial charge in [0.25, 0.3) is 0 Å². The fourth-order valence-corrected chi connectivity index (χ4v) is 8.97. The molecule has 0 atom stereocenters. The van der Waals surface area contributed by atoms with Gasteiger partial charge in [0.15, 0.2) is 11.5 Å². The average molecular weight is 1070 g/mol. The third-order valence-corrected chi connectivity index (χ3v) is 13.2. The van der Waals surface area contributed by atoms with Crippen LogP contribution in [0.1, 0.15) is 92.3 Å². The van der Waals surface area contributed by atoms with Crippen molar-refractivity contribution in [2.24, 2.45) is 0 Å². The Hall–Kier alpha value is -8.64. The molecule has 0 amide bonds. The summed E-state index contributed by atoms with van der Waals surface area (Å²) in [7, 11) is 0. The number of aromatic hydroxyl groups is 1. The molecule has 12 nitrogen and oxygen atoms in total. The largest absolute Gasteiger partial charge is 0.507 e. The van der Waals surface area contributed by atoms with Crippen LogP contribution in [-0.2, 0) is 32.3 Å². The highest BCUT2D eigenvalue weighted by molar-refractivity contribution is 5.70. The average Bonchev–Trinajstić information content (AvgIpc) is 4.27. The van der Waals surface area contributed by atoms with Gasteiger partial charge in [-0.15, -0.1) is 0 Å². The Kier molecular flexibility index (Phi) is 20.9. The second-order valence-electron chi connectivity index (χ2n) is 19.0. The van der Waals surface area contributed by atoms with Crippen LogP contribution in [0.4, 0.5) is 0 Å². The van der Waals surface area contributed by atoms with Gasteiger partial charge in [0.1, 0.15) is 64.1 Å². The van der Waals surface area contributed by atoms with E-state index in [2.05, 4.69) is 50.1 Å². The maximum atomic E-state index is 10.5. The van der Waals surface area contributed by atoms with Gasteiger partial charge in [0.05, 0.1) is 49.9 Å². The molecule has 79 heavy (non-hydrogen) atoms. The van der Waals surface area contributed by atoms with Gasteiger partial charge in [-0.2, -0.15) is 0 Å². The number of aryl methyl sites for hydroxylation is 4. The van der Waals surface area contributed by atoms with Crippen molar-refractivity contribution >= 4 is 0 Å². The number of nitrogens with zero attached hydrogens (tertiary/aromatic N) is 2. The zero-order valence-corrected chi connectivity index (χ0v) is 46.3. The summed E-state index contributed by atoms with van der Waals surface area (Å²) in [6, 6.07) is 49.3. The third-order valence-electron chi connectivity index (χ3n) is 13.2. The molecular weight excluding hydrogens is 993 g/mol. The number of para-hydroxylation sites is 2. The molecule has 0 fully saturated rings. The van der Waals surface area contributed by atoms with Crippen molar-refractivity contribution in [3.05, 3.63) is 203 Å². The highest BCUT2D eigenvalue weighted by Crippen LogP contribution is 2.40. The molecule has 0 saturated carbocycles. The lowest BCUT2D eigenvalue weighted by Crippen LogP contribution is -2.08. The number of rotatable bonds is 27. The number of hydrogen-bond donors (Lipinski definition) is 1. The Morgan fingerprint density at radius 1 is 0.418 bits per heavy atom. The minimum Gasteiger partial charge on any atom is -0.507 e. The van der Waals surface area contributed by atoms with Crippen molar-refractivity contribution in [1.82, 2.24) is 10.3 Å². The number of aromatic nitrogens is 2. The first-order chi connectivity index (χ1) is 38.8. The van der Waals surface area contributed by atoms with Crippen LogP contribution in [0.25, 0.3) is 22.6 Å². The van der Waals surface area contributed by atoms with Crippen molar-refractivity contribution < 1.29 is 47.3 Å². The van der Waals surface area contributed by atoms with Gasteiger partial charge in [0.2, 0.25) is 0 Å². The molecule has 0 bridgehead atoms. The fourth-order valence-electron chi connectivity index (χ4n) is 8.97. The van der Waals surface area contributed by atoms with Crippen molar-refractivity contribution in [2.75, 3.05) is 26.4 Å². The van der Waals surface area contributed by atoms with Crippen molar-refractivity contribution in [3.63, 3.8) is 0 Å². The molecule has 0 aliphatic heterocycles. The molecule has 9 rings (SSSR count). The first-order valence-electron chi connectivity index (χ1n) is 27.5. The summed E-state index contributed by atoms with van der Waals surface area (Å²) in [6.45, 7) is 15.0. The minimum atomic E-state index is 0.102. The van der Waals surface area contributed by atoms with E-state index in [9.17, 15) is 5.11 Å². The third kappa shape index (κ3) is 15.5.